The van der Waals surface area contributed by atoms with Crippen LogP contribution in [0, 0.1) is 5.92 Å². The maximum atomic E-state index is 12.8. The highest BCUT2D eigenvalue weighted by atomic mass is 35.5. The van der Waals surface area contributed by atoms with Gasteiger partial charge in [0.1, 0.15) is 5.75 Å². The van der Waals surface area contributed by atoms with Crippen LogP contribution in [0.4, 0.5) is 5.69 Å². The predicted octanol–water partition coefficient (Wildman–Crippen LogP) is 3.35. The van der Waals surface area contributed by atoms with Crippen LogP contribution in [0.25, 0.3) is 0 Å². The molecule has 0 aliphatic carbocycles. The molecule has 2 rings (SSSR count). The molecule has 0 heterocycles. The van der Waals surface area contributed by atoms with E-state index < -0.39 is 22.1 Å². The summed E-state index contributed by atoms with van der Waals surface area (Å²) in [5.74, 6) is 0.330. The molecule has 0 aromatic heterocycles. The van der Waals surface area contributed by atoms with Gasteiger partial charge in [0.25, 0.3) is 0 Å². The Kier molecular flexibility index (Phi) is 11.5. The van der Waals surface area contributed by atoms with Crippen LogP contribution in [0.5, 0.6) is 5.75 Å². The third-order valence-corrected chi connectivity index (χ3v) is 6.20. The number of halogens is 1. The molecule has 0 unspecified atom stereocenters. The van der Waals surface area contributed by atoms with Crippen LogP contribution >= 0.6 is 12.4 Å². The summed E-state index contributed by atoms with van der Waals surface area (Å²) in [5.41, 5.74) is 7.51. The van der Waals surface area contributed by atoms with E-state index in [-0.39, 0.29) is 30.0 Å². The first-order valence-corrected chi connectivity index (χ1v) is 12.1. The van der Waals surface area contributed by atoms with Crippen LogP contribution in [-0.2, 0) is 21.2 Å². The molecular weight excluding hydrogens is 450 g/mol. The van der Waals surface area contributed by atoms with Gasteiger partial charge < -0.3 is 15.8 Å². The van der Waals surface area contributed by atoms with Crippen molar-refractivity contribution in [2.24, 2.45) is 11.7 Å². The number of rotatable bonds is 12. The van der Waals surface area contributed by atoms with Crippen molar-refractivity contribution in [3.8, 4) is 5.75 Å². The molecule has 0 saturated carbocycles. The van der Waals surface area contributed by atoms with Gasteiger partial charge in [0, 0.05) is 11.7 Å². The number of amides is 1. The second-order valence-electron chi connectivity index (χ2n) is 8.08. The Morgan fingerprint density at radius 3 is 2.25 bits per heavy atom. The fourth-order valence-electron chi connectivity index (χ4n) is 3.25. The number of hydrogen-bond acceptors (Lipinski definition) is 5. The summed E-state index contributed by atoms with van der Waals surface area (Å²) in [6.45, 7) is 3.98. The minimum Gasteiger partial charge on any atom is -0.497 e. The normalized spacial score (nSPS) is 13.0. The largest absolute Gasteiger partial charge is 0.497 e. The molecule has 7 nitrogen and oxygen atoms in total. The highest BCUT2D eigenvalue weighted by Gasteiger charge is 2.24. The molecule has 2 atom stereocenters. The number of benzene rings is 2. The van der Waals surface area contributed by atoms with Crippen LogP contribution in [-0.4, -0.2) is 39.3 Å². The topological polar surface area (TPSA) is 111 Å². The lowest BCUT2D eigenvalue weighted by molar-refractivity contribution is -0.123. The number of nitrogens with one attached hydrogen (secondary N) is 2. The summed E-state index contributed by atoms with van der Waals surface area (Å²) in [5, 5.41) is 2.85. The Labute approximate surface area is 197 Å². The zero-order chi connectivity index (χ0) is 22.9. The van der Waals surface area contributed by atoms with Crippen LogP contribution in [0.1, 0.15) is 32.3 Å². The summed E-state index contributed by atoms with van der Waals surface area (Å²) in [6, 6.07) is 15.1. The number of ether oxygens (including phenoxy) is 1. The molecule has 0 spiro atoms. The maximum absolute atomic E-state index is 12.8. The number of sulfonamides is 1. The van der Waals surface area contributed by atoms with Gasteiger partial charge in [-0.2, -0.15) is 0 Å². The van der Waals surface area contributed by atoms with E-state index in [2.05, 4.69) is 10.0 Å². The van der Waals surface area contributed by atoms with Crippen LogP contribution in [0.15, 0.2) is 54.6 Å². The Morgan fingerprint density at radius 1 is 1.06 bits per heavy atom. The highest BCUT2D eigenvalue weighted by Crippen LogP contribution is 2.17. The van der Waals surface area contributed by atoms with E-state index in [4.69, 9.17) is 10.5 Å². The lowest BCUT2D eigenvalue weighted by Gasteiger charge is -2.22. The van der Waals surface area contributed by atoms with Gasteiger partial charge in [0.05, 0.1) is 18.9 Å². The number of carbonyl (C=O) groups is 1. The molecule has 4 N–H and O–H groups in total. The minimum atomic E-state index is -3.70. The smallest absolute Gasteiger partial charge is 0.237 e. The first-order valence-electron chi connectivity index (χ1n) is 10.4. The minimum absolute atomic E-state index is 0. The van der Waals surface area contributed by atoms with E-state index >= 15 is 0 Å². The van der Waals surface area contributed by atoms with E-state index in [0.29, 0.717) is 30.7 Å². The van der Waals surface area contributed by atoms with Crippen molar-refractivity contribution >= 4 is 34.0 Å². The lowest BCUT2D eigenvalue weighted by Crippen LogP contribution is -2.48. The Balaban J connectivity index is 0.00000512. The first kappa shape index (κ1) is 27.7. The van der Waals surface area contributed by atoms with Crippen molar-refractivity contribution in [2.75, 3.05) is 17.6 Å². The number of methoxy groups -OCH3 is 1. The second kappa shape index (κ2) is 13.3. The van der Waals surface area contributed by atoms with Crippen LogP contribution in [0.3, 0.4) is 0 Å². The van der Waals surface area contributed by atoms with Gasteiger partial charge in [-0.25, -0.2) is 8.42 Å². The maximum Gasteiger partial charge on any atom is 0.237 e. The summed E-state index contributed by atoms with van der Waals surface area (Å²) in [4.78, 5) is 12.5. The Bertz CT molecular complexity index is 922. The third kappa shape index (κ3) is 9.89. The molecule has 0 radical (unpaired) electrons. The number of nitrogens with two attached hydrogens (primary N) is 1. The van der Waals surface area contributed by atoms with E-state index in [0.717, 1.165) is 5.56 Å². The van der Waals surface area contributed by atoms with Crippen molar-refractivity contribution in [2.45, 2.75) is 45.2 Å². The van der Waals surface area contributed by atoms with Crippen molar-refractivity contribution < 1.29 is 17.9 Å². The fraction of sp³-hybridized carbons (Fsp3) is 0.435. The van der Waals surface area contributed by atoms with E-state index in [9.17, 15) is 13.2 Å². The van der Waals surface area contributed by atoms with E-state index in [1.807, 2.05) is 44.2 Å². The van der Waals surface area contributed by atoms with Gasteiger partial charge in [-0.3, -0.25) is 9.52 Å². The number of aryl methyl sites for hydroxylation is 1. The van der Waals surface area contributed by atoms with Gasteiger partial charge in [-0.05, 0) is 55.0 Å². The summed E-state index contributed by atoms with van der Waals surface area (Å²) < 4.78 is 33.2. The molecule has 2 aromatic rings. The zero-order valence-corrected chi connectivity index (χ0v) is 20.4. The molecule has 0 fully saturated rings. The van der Waals surface area contributed by atoms with E-state index in [1.54, 1.807) is 31.4 Å². The van der Waals surface area contributed by atoms with Gasteiger partial charge >= 0.3 is 0 Å². The second-order valence-corrected chi connectivity index (χ2v) is 9.84. The monoisotopic (exact) mass is 483 g/mol. The third-order valence-electron chi connectivity index (χ3n) is 4.82. The highest BCUT2D eigenvalue weighted by molar-refractivity contribution is 7.92. The number of carbonyl (C=O) groups excluding carboxylic acids is 1. The molecule has 0 aliphatic heterocycles. The molecule has 0 aliphatic rings. The van der Waals surface area contributed by atoms with Crippen molar-refractivity contribution in [1.29, 1.82) is 0 Å². The van der Waals surface area contributed by atoms with Crippen LogP contribution in [0.2, 0.25) is 0 Å². The van der Waals surface area contributed by atoms with Gasteiger partial charge in [0.2, 0.25) is 15.9 Å². The molecule has 0 saturated heterocycles. The molecule has 9 heteroatoms. The molecule has 32 heavy (non-hydrogen) atoms. The zero-order valence-electron chi connectivity index (χ0n) is 18.8. The lowest BCUT2D eigenvalue weighted by atomic mass is 10.0. The number of anilines is 1. The Hall–Kier alpha value is -2.29. The number of hydrogen-bond donors (Lipinski definition) is 3. The summed E-state index contributed by atoms with van der Waals surface area (Å²) in [6.07, 6.45) is 1.66. The molecule has 1 amide bonds. The SMILES string of the molecule is COc1ccc(NS(=O)(=O)C[C@H](CCc2ccccc2)NC(=O)[C@@H](N)CC(C)C)cc1.Cl. The van der Waals surface area contributed by atoms with Gasteiger partial charge in [-0.15, -0.1) is 12.4 Å². The summed E-state index contributed by atoms with van der Waals surface area (Å²) in [7, 11) is -2.15. The van der Waals surface area contributed by atoms with E-state index in [1.165, 1.54) is 0 Å². The molecule has 0 bridgehead atoms. The standard InChI is InChI=1S/C23H33N3O4S.ClH/c1-17(2)15-22(24)23(27)25-20(10-9-18-7-5-4-6-8-18)16-31(28,29)26-19-11-13-21(30-3)14-12-19;/h4-8,11-14,17,20,22,26H,9-10,15-16,24H2,1-3H3,(H,25,27);1H/t20-,22-;/m0./s1. The molecule has 178 valence electrons. The van der Waals surface area contributed by atoms with Crippen molar-refractivity contribution in [3.05, 3.63) is 60.2 Å². The van der Waals surface area contributed by atoms with Gasteiger partial charge in [-0.1, -0.05) is 44.2 Å². The predicted molar refractivity (Wildman–Crippen MR) is 132 cm³/mol. The average Bonchev–Trinajstić information content (AvgIpc) is 2.72. The van der Waals surface area contributed by atoms with Crippen molar-refractivity contribution in [1.82, 2.24) is 5.32 Å². The summed E-state index contributed by atoms with van der Waals surface area (Å²) >= 11 is 0. The van der Waals surface area contributed by atoms with Gasteiger partial charge in [0.15, 0.2) is 0 Å². The Morgan fingerprint density at radius 2 is 1.69 bits per heavy atom. The fourth-order valence-corrected chi connectivity index (χ4v) is 4.61. The average molecular weight is 484 g/mol. The van der Waals surface area contributed by atoms with Crippen molar-refractivity contribution in [3.63, 3.8) is 0 Å². The molecule has 2 aromatic carbocycles. The quantitative estimate of drug-likeness (QED) is 0.428. The first-order chi connectivity index (χ1) is 14.7. The molecular formula is C23H34ClN3O4S. The van der Waals surface area contributed by atoms with Crippen LogP contribution < -0.4 is 20.5 Å².